The molecule has 0 aromatic heterocycles. The van der Waals surface area contributed by atoms with E-state index in [4.69, 9.17) is 10.2 Å². The van der Waals surface area contributed by atoms with Crippen molar-refractivity contribution in [2.75, 3.05) is 13.2 Å². The van der Waals surface area contributed by atoms with Crippen LogP contribution in [0.15, 0.2) is 36.4 Å². The second-order valence-corrected chi connectivity index (χ2v) is 3.21. The number of rotatable bonds is 5. The van der Waals surface area contributed by atoms with Crippen LogP contribution in [0.4, 0.5) is 0 Å². The zero-order valence-corrected chi connectivity index (χ0v) is 8.74. The summed E-state index contributed by atoms with van der Waals surface area (Å²) in [5.41, 5.74) is 0.891. The largest absolute Gasteiger partial charge is 0.460 e. The second-order valence-electron chi connectivity index (χ2n) is 3.21. The van der Waals surface area contributed by atoms with E-state index in [-0.39, 0.29) is 6.61 Å². The number of benzene rings is 1. The Balaban J connectivity index is 2.37. The van der Waals surface area contributed by atoms with Crippen LogP contribution in [0.2, 0.25) is 0 Å². The van der Waals surface area contributed by atoms with Crippen LogP contribution in [0.25, 0.3) is 6.08 Å². The number of ether oxygens (including phenoxy) is 1. The molecule has 0 radical (unpaired) electrons. The molecule has 0 aliphatic heterocycles. The number of hydrogen-bond donors (Lipinski definition) is 2. The molecule has 1 atom stereocenters. The van der Waals surface area contributed by atoms with E-state index in [9.17, 15) is 4.79 Å². The van der Waals surface area contributed by atoms with E-state index in [0.29, 0.717) is 0 Å². The zero-order chi connectivity index (χ0) is 11.8. The molecule has 1 aromatic rings. The van der Waals surface area contributed by atoms with Crippen molar-refractivity contribution in [2.24, 2.45) is 0 Å². The summed E-state index contributed by atoms with van der Waals surface area (Å²) in [5.74, 6) is -0.545. The molecule has 16 heavy (non-hydrogen) atoms. The molecule has 0 fully saturated rings. The Morgan fingerprint density at radius 1 is 1.38 bits per heavy atom. The van der Waals surface area contributed by atoms with Gasteiger partial charge >= 0.3 is 5.97 Å². The fraction of sp³-hybridized carbons (Fsp3) is 0.250. The molecule has 0 spiro atoms. The number of esters is 1. The third-order valence-corrected chi connectivity index (χ3v) is 1.84. The maximum Gasteiger partial charge on any atom is 0.330 e. The smallest absolute Gasteiger partial charge is 0.330 e. The third kappa shape index (κ3) is 4.72. The lowest BCUT2D eigenvalue weighted by Gasteiger charge is -2.05. The summed E-state index contributed by atoms with van der Waals surface area (Å²) in [5, 5.41) is 17.4. The summed E-state index contributed by atoms with van der Waals surface area (Å²) in [7, 11) is 0. The van der Waals surface area contributed by atoms with E-state index in [1.807, 2.05) is 30.3 Å². The van der Waals surface area contributed by atoms with Gasteiger partial charge in [0.15, 0.2) is 0 Å². The maximum absolute atomic E-state index is 11.1. The second kappa shape index (κ2) is 6.76. The van der Waals surface area contributed by atoms with Crippen molar-refractivity contribution >= 4 is 12.0 Å². The lowest BCUT2D eigenvalue weighted by Crippen LogP contribution is -2.21. The third-order valence-electron chi connectivity index (χ3n) is 1.84. The Hall–Kier alpha value is -1.65. The summed E-state index contributed by atoms with van der Waals surface area (Å²) in [6.45, 7) is -0.621. The predicted molar refractivity (Wildman–Crippen MR) is 59.5 cm³/mol. The van der Waals surface area contributed by atoms with Crippen molar-refractivity contribution < 1.29 is 19.7 Å². The van der Waals surface area contributed by atoms with Crippen LogP contribution >= 0.6 is 0 Å². The highest BCUT2D eigenvalue weighted by atomic mass is 16.5. The number of hydrogen-bond acceptors (Lipinski definition) is 4. The van der Waals surface area contributed by atoms with E-state index in [0.717, 1.165) is 5.56 Å². The molecule has 4 nitrogen and oxygen atoms in total. The standard InChI is InChI=1S/C12H14O4/c13-8-11(14)9-16-12(15)7-6-10-4-2-1-3-5-10/h1-7,11,13-14H,8-9H2. The lowest BCUT2D eigenvalue weighted by atomic mass is 10.2. The number of aliphatic hydroxyl groups is 2. The van der Waals surface area contributed by atoms with Gasteiger partial charge in [-0.05, 0) is 11.6 Å². The number of carbonyl (C=O) groups excluding carboxylic acids is 1. The minimum Gasteiger partial charge on any atom is -0.460 e. The minimum absolute atomic E-state index is 0.200. The molecular formula is C12H14O4. The lowest BCUT2D eigenvalue weighted by molar-refractivity contribution is -0.141. The van der Waals surface area contributed by atoms with Crippen molar-refractivity contribution in [3.63, 3.8) is 0 Å². The van der Waals surface area contributed by atoms with Gasteiger partial charge in [-0.3, -0.25) is 0 Å². The molecule has 4 heteroatoms. The molecular weight excluding hydrogens is 208 g/mol. The van der Waals surface area contributed by atoms with Crippen LogP contribution in [0.3, 0.4) is 0 Å². The average molecular weight is 222 g/mol. The Morgan fingerprint density at radius 2 is 2.06 bits per heavy atom. The summed E-state index contributed by atoms with van der Waals surface area (Å²) >= 11 is 0. The van der Waals surface area contributed by atoms with Gasteiger partial charge in [0.05, 0.1) is 6.61 Å². The quantitative estimate of drug-likeness (QED) is 0.565. The molecule has 0 heterocycles. The molecule has 0 saturated carbocycles. The fourth-order valence-electron chi connectivity index (χ4n) is 1.01. The van der Waals surface area contributed by atoms with E-state index in [2.05, 4.69) is 4.74 Å². The van der Waals surface area contributed by atoms with Crippen LogP contribution in [-0.2, 0) is 9.53 Å². The van der Waals surface area contributed by atoms with Gasteiger partial charge in [-0.25, -0.2) is 4.79 Å². The highest BCUT2D eigenvalue weighted by Gasteiger charge is 2.04. The molecule has 0 saturated heterocycles. The topological polar surface area (TPSA) is 66.8 Å². The SMILES string of the molecule is O=C(C=Cc1ccccc1)OCC(O)CO. The summed E-state index contributed by atoms with van der Waals surface area (Å²) in [6.07, 6.45) is 1.88. The molecule has 86 valence electrons. The zero-order valence-electron chi connectivity index (χ0n) is 8.74. The highest BCUT2D eigenvalue weighted by molar-refractivity contribution is 5.87. The van der Waals surface area contributed by atoms with Crippen LogP contribution < -0.4 is 0 Å². The summed E-state index contributed by atoms with van der Waals surface area (Å²) < 4.78 is 4.68. The first-order chi connectivity index (χ1) is 7.72. The van der Waals surface area contributed by atoms with Crippen molar-refractivity contribution in [3.8, 4) is 0 Å². The Morgan fingerprint density at radius 3 is 2.69 bits per heavy atom. The van der Waals surface area contributed by atoms with E-state index < -0.39 is 18.7 Å². The van der Waals surface area contributed by atoms with Crippen molar-refractivity contribution in [1.29, 1.82) is 0 Å². The van der Waals surface area contributed by atoms with Crippen molar-refractivity contribution in [1.82, 2.24) is 0 Å². The van der Waals surface area contributed by atoms with Gasteiger partial charge in [-0.2, -0.15) is 0 Å². The monoisotopic (exact) mass is 222 g/mol. The molecule has 0 aliphatic rings. The first-order valence-corrected chi connectivity index (χ1v) is 4.91. The van der Waals surface area contributed by atoms with Gasteiger partial charge in [0.1, 0.15) is 12.7 Å². The average Bonchev–Trinajstić information content (AvgIpc) is 2.34. The van der Waals surface area contributed by atoms with Crippen LogP contribution in [0.5, 0.6) is 0 Å². The minimum atomic E-state index is -1.02. The van der Waals surface area contributed by atoms with Gasteiger partial charge in [0, 0.05) is 6.08 Å². The van der Waals surface area contributed by atoms with E-state index >= 15 is 0 Å². The Bertz CT molecular complexity index is 345. The van der Waals surface area contributed by atoms with Gasteiger partial charge in [0.2, 0.25) is 0 Å². The Labute approximate surface area is 93.8 Å². The molecule has 2 N–H and O–H groups in total. The van der Waals surface area contributed by atoms with E-state index in [1.54, 1.807) is 6.08 Å². The van der Waals surface area contributed by atoms with Gasteiger partial charge in [-0.15, -0.1) is 0 Å². The number of carbonyl (C=O) groups is 1. The van der Waals surface area contributed by atoms with Gasteiger partial charge in [-0.1, -0.05) is 30.3 Å². The Kier molecular flexibility index (Phi) is 5.25. The molecule has 0 bridgehead atoms. The number of aliphatic hydroxyl groups excluding tert-OH is 2. The molecule has 1 aromatic carbocycles. The molecule has 1 rings (SSSR count). The summed E-state index contributed by atoms with van der Waals surface area (Å²) in [4.78, 5) is 11.1. The highest BCUT2D eigenvalue weighted by Crippen LogP contribution is 2.01. The first kappa shape index (κ1) is 12.4. The van der Waals surface area contributed by atoms with Crippen molar-refractivity contribution in [3.05, 3.63) is 42.0 Å². The molecule has 0 amide bonds. The fourth-order valence-corrected chi connectivity index (χ4v) is 1.01. The van der Waals surface area contributed by atoms with Crippen LogP contribution in [0, 0.1) is 0 Å². The molecule has 1 unspecified atom stereocenters. The van der Waals surface area contributed by atoms with Crippen LogP contribution in [-0.4, -0.2) is 35.5 Å². The maximum atomic E-state index is 11.1. The van der Waals surface area contributed by atoms with E-state index in [1.165, 1.54) is 6.08 Å². The van der Waals surface area contributed by atoms with Crippen molar-refractivity contribution in [2.45, 2.75) is 6.10 Å². The predicted octanol–water partition coefficient (Wildman–Crippen LogP) is 0.596. The summed E-state index contributed by atoms with van der Waals surface area (Å²) in [6, 6.07) is 9.31. The van der Waals surface area contributed by atoms with Gasteiger partial charge < -0.3 is 14.9 Å². The molecule has 0 aliphatic carbocycles. The normalized spacial score (nSPS) is 12.6. The van der Waals surface area contributed by atoms with Gasteiger partial charge in [0.25, 0.3) is 0 Å². The first-order valence-electron chi connectivity index (χ1n) is 4.91. The van der Waals surface area contributed by atoms with Crippen LogP contribution in [0.1, 0.15) is 5.56 Å².